The van der Waals surface area contributed by atoms with E-state index < -0.39 is 0 Å². The number of aryl methyl sites for hydroxylation is 1. The van der Waals surface area contributed by atoms with Crippen LogP contribution in [0, 0.1) is 6.92 Å². The number of H-pyrrole nitrogens is 1. The van der Waals surface area contributed by atoms with Crippen molar-refractivity contribution >= 4 is 43.6 Å². The van der Waals surface area contributed by atoms with Crippen LogP contribution >= 0.6 is 31.9 Å². The van der Waals surface area contributed by atoms with Gasteiger partial charge in [-0.25, -0.2) is 4.79 Å². The van der Waals surface area contributed by atoms with Gasteiger partial charge in [-0.2, -0.15) is 5.10 Å². The molecule has 118 valence electrons. The minimum atomic E-state index is -0.330. The molecule has 0 fully saturated rings. The summed E-state index contributed by atoms with van der Waals surface area (Å²) < 4.78 is 6.29. The van der Waals surface area contributed by atoms with E-state index in [1.807, 2.05) is 19.1 Å². The summed E-state index contributed by atoms with van der Waals surface area (Å²) in [6.45, 7) is 2.13. The van der Waals surface area contributed by atoms with Crippen LogP contribution in [0.4, 0.5) is 5.82 Å². The zero-order valence-corrected chi connectivity index (χ0v) is 15.1. The van der Waals surface area contributed by atoms with Gasteiger partial charge >= 0.3 is 5.97 Å². The fourth-order valence-electron chi connectivity index (χ4n) is 3.07. The molecule has 3 N–H and O–H groups in total. The van der Waals surface area contributed by atoms with E-state index in [-0.39, 0.29) is 24.2 Å². The van der Waals surface area contributed by atoms with Crippen molar-refractivity contribution in [1.29, 1.82) is 0 Å². The average molecular weight is 441 g/mol. The Morgan fingerprint density at radius 3 is 2.74 bits per heavy atom. The highest BCUT2D eigenvalue weighted by Gasteiger charge is 2.40. The highest BCUT2D eigenvalue weighted by atomic mass is 79.9. The van der Waals surface area contributed by atoms with Crippen molar-refractivity contribution in [3.8, 4) is 5.75 Å². The molecule has 0 radical (unpaired) electrons. The normalized spacial score (nSPS) is 19.3. The molecule has 8 heteroatoms. The van der Waals surface area contributed by atoms with Crippen molar-refractivity contribution in [2.75, 3.05) is 11.9 Å². The second-order valence-electron chi connectivity index (χ2n) is 5.47. The van der Waals surface area contributed by atoms with Crippen molar-refractivity contribution in [1.82, 2.24) is 10.2 Å². The molecule has 1 unspecified atom stereocenters. The number of carbonyl (C=O) groups is 1. The Balaban J connectivity index is 1.97. The molecule has 0 aliphatic carbocycles. The Morgan fingerprint density at radius 1 is 1.35 bits per heavy atom. The van der Waals surface area contributed by atoms with Crippen LogP contribution in [0.5, 0.6) is 5.75 Å². The van der Waals surface area contributed by atoms with Crippen LogP contribution in [0.1, 0.15) is 22.7 Å². The third kappa shape index (κ3) is 2.12. The van der Waals surface area contributed by atoms with Gasteiger partial charge in [0.25, 0.3) is 0 Å². The molecule has 1 aromatic carbocycles. The summed E-state index contributed by atoms with van der Waals surface area (Å²) in [5.74, 6) is 0.187. The van der Waals surface area contributed by atoms with E-state index in [4.69, 9.17) is 4.74 Å². The lowest BCUT2D eigenvalue weighted by atomic mass is 9.82. The molecule has 0 amide bonds. The van der Waals surface area contributed by atoms with Crippen molar-refractivity contribution in [2.24, 2.45) is 0 Å². The first-order valence-electron chi connectivity index (χ1n) is 6.87. The minimum absolute atomic E-state index is 0.120. The van der Waals surface area contributed by atoms with E-state index in [9.17, 15) is 9.90 Å². The van der Waals surface area contributed by atoms with Crippen molar-refractivity contribution < 1.29 is 14.6 Å². The van der Waals surface area contributed by atoms with Crippen molar-refractivity contribution in [3.63, 3.8) is 0 Å². The summed E-state index contributed by atoms with van der Waals surface area (Å²) in [6, 6.07) is 3.62. The molecule has 23 heavy (non-hydrogen) atoms. The van der Waals surface area contributed by atoms with Crippen molar-refractivity contribution in [2.45, 2.75) is 12.8 Å². The number of ether oxygens (including phenoxy) is 1. The summed E-state index contributed by atoms with van der Waals surface area (Å²) in [4.78, 5) is 12.2. The van der Waals surface area contributed by atoms with Crippen LogP contribution in [0.3, 0.4) is 0 Å². The van der Waals surface area contributed by atoms with Gasteiger partial charge < -0.3 is 15.2 Å². The SMILES string of the molecule is Cc1[nH]nc2c1C(c1cc(Br)c(O)c(Br)c1)C1=C(COC1=O)N2. The molecule has 0 saturated heterocycles. The molecule has 0 bridgehead atoms. The Labute approximate surface area is 148 Å². The van der Waals surface area contributed by atoms with Gasteiger partial charge in [-0.1, -0.05) is 0 Å². The molecule has 4 rings (SSSR count). The Morgan fingerprint density at radius 2 is 2.04 bits per heavy atom. The molecule has 2 aliphatic heterocycles. The quantitative estimate of drug-likeness (QED) is 0.592. The predicted octanol–water partition coefficient (Wildman–Crippen LogP) is 3.32. The molecular formula is C15H11Br2N3O3. The maximum Gasteiger partial charge on any atom is 0.337 e. The number of aromatic nitrogens is 2. The van der Waals surface area contributed by atoms with Gasteiger partial charge in [0.05, 0.1) is 20.2 Å². The Hall–Kier alpha value is -1.80. The zero-order chi connectivity index (χ0) is 16.3. The summed E-state index contributed by atoms with van der Waals surface area (Å²) in [6.07, 6.45) is 0. The number of aromatic hydroxyl groups is 1. The molecular weight excluding hydrogens is 430 g/mol. The van der Waals surface area contributed by atoms with Crippen LogP contribution in [-0.2, 0) is 9.53 Å². The number of hydrogen-bond donors (Lipinski definition) is 3. The van der Waals surface area contributed by atoms with Crippen molar-refractivity contribution in [3.05, 3.63) is 49.2 Å². The highest BCUT2D eigenvalue weighted by molar-refractivity contribution is 9.11. The van der Waals surface area contributed by atoms with Gasteiger partial charge in [0.15, 0.2) is 5.82 Å². The first-order valence-corrected chi connectivity index (χ1v) is 8.46. The lowest BCUT2D eigenvalue weighted by Gasteiger charge is -2.24. The van der Waals surface area contributed by atoms with Crippen LogP contribution in [0.15, 0.2) is 32.3 Å². The number of hydrogen-bond acceptors (Lipinski definition) is 5. The van der Waals surface area contributed by atoms with E-state index in [2.05, 4.69) is 47.4 Å². The minimum Gasteiger partial charge on any atom is -0.506 e. The van der Waals surface area contributed by atoms with Gasteiger partial charge in [-0.15, -0.1) is 0 Å². The van der Waals surface area contributed by atoms with E-state index in [0.29, 0.717) is 20.3 Å². The van der Waals surface area contributed by atoms with Gasteiger partial charge in [-0.05, 0) is 56.5 Å². The number of benzene rings is 1. The molecule has 0 saturated carbocycles. The number of fused-ring (bicyclic) bond motifs is 1. The predicted molar refractivity (Wildman–Crippen MR) is 90.3 cm³/mol. The fraction of sp³-hybridized carbons (Fsp3) is 0.200. The number of cyclic esters (lactones) is 1. The number of esters is 1. The van der Waals surface area contributed by atoms with Gasteiger partial charge in [0.1, 0.15) is 12.4 Å². The van der Waals surface area contributed by atoms with Crippen LogP contribution < -0.4 is 5.32 Å². The fourth-order valence-corrected chi connectivity index (χ4v) is 4.29. The lowest BCUT2D eigenvalue weighted by molar-refractivity contribution is -0.136. The first-order chi connectivity index (χ1) is 11.0. The lowest BCUT2D eigenvalue weighted by Crippen LogP contribution is -2.19. The topological polar surface area (TPSA) is 87.2 Å². The zero-order valence-electron chi connectivity index (χ0n) is 11.9. The summed E-state index contributed by atoms with van der Waals surface area (Å²) in [5, 5.41) is 20.3. The smallest absolute Gasteiger partial charge is 0.337 e. The van der Waals surface area contributed by atoms with Gasteiger partial charge in [0, 0.05) is 17.2 Å². The molecule has 1 aromatic heterocycles. The third-order valence-corrected chi connectivity index (χ3v) is 5.32. The van der Waals surface area contributed by atoms with Gasteiger partial charge in [0.2, 0.25) is 0 Å². The Bertz CT molecular complexity index is 865. The number of anilines is 1. The number of phenols is 1. The number of aromatic amines is 1. The van der Waals surface area contributed by atoms with E-state index in [0.717, 1.165) is 22.5 Å². The third-order valence-electron chi connectivity index (χ3n) is 4.11. The second kappa shape index (κ2) is 5.10. The summed E-state index contributed by atoms with van der Waals surface area (Å²) in [7, 11) is 0. The number of halogens is 2. The van der Waals surface area contributed by atoms with Crippen LogP contribution in [0.25, 0.3) is 0 Å². The standard InChI is InChI=1S/C15H11Br2N3O3/c1-5-10-11(6-2-7(16)13(21)8(17)3-6)12-9(4-23-15(12)22)18-14(10)20-19-5/h2-3,11,21H,4H2,1H3,(H2,18,19,20). The number of nitrogens with zero attached hydrogens (tertiary/aromatic N) is 1. The van der Waals surface area contributed by atoms with E-state index in [1.54, 1.807) is 0 Å². The highest BCUT2D eigenvalue weighted by Crippen LogP contribution is 2.47. The number of phenolic OH excluding ortho intramolecular Hbond substituents is 1. The molecule has 2 aromatic rings. The maximum absolute atomic E-state index is 12.2. The monoisotopic (exact) mass is 439 g/mol. The molecule has 1 atom stereocenters. The average Bonchev–Trinajstić information content (AvgIpc) is 3.07. The van der Waals surface area contributed by atoms with Crippen LogP contribution in [-0.4, -0.2) is 27.9 Å². The first kappa shape index (κ1) is 14.8. The second-order valence-corrected chi connectivity index (χ2v) is 7.18. The van der Waals surface area contributed by atoms with Crippen LogP contribution in [0.2, 0.25) is 0 Å². The Kier molecular flexibility index (Phi) is 3.28. The molecule has 3 heterocycles. The summed E-state index contributed by atoms with van der Waals surface area (Å²) in [5.41, 5.74) is 3.97. The summed E-state index contributed by atoms with van der Waals surface area (Å²) >= 11 is 6.70. The number of nitrogens with one attached hydrogen (secondary N) is 2. The molecule has 2 aliphatic rings. The maximum atomic E-state index is 12.2. The molecule has 0 spiro atoms. The number of carbonyl (C=O) groups excluding carboxylic acids is 1. The number of rotatable bonds is 1. The van der Waals surface area contributed by atoms with E-state index >= 15 is 0 Å². The van der Waals surface area contributed by atoms with E-state index in [1.165, 1.54) is 0 Å². The molecule has 6 nitrogen and oxygen atoms in total. The van der Waals surface area contributed by atoms with Gasteiger partial charge in [-0.3, -0.25) is 5.10 Å². The largest absolute Gasteiger partial charge is 0.506 e.